The zero-order valence-corrected chi connectivity index (χ0v) is 18.5. The van der Waals surface area contributed by atoms with Crippen molar-refractivity contribution in [2.75, 3.05) is 13.1 Å². The zero-order chi connectivity index (χ0) is 22.8. The second-order valence-electron chi connectivity index (χ2n) is 8.32. The predicted molar refractivity (Wildman–Crippen MR) is 127 cm³/mol. The van der Waals surface area contributed by atoms with Gasteiger partial charge in [0.25, 0.3) is 0 Å². The number of aromatic nitrogens is 4. The summed E-state index contributed by atoms with van der Waals surface area (Å²) >= 11 is 0. The monoisotopic (exact) mass is 439 g/mol. The second kappa shape index (κ2) is 8.86. The average Bonchev–Trinajstić information content (AvgIpc) is 3.24. The first kappa shape index (κ1) is 20.9. The third-order valence-electron chi connectivity index (χ3n) is 5.87. The molecule has 1 amide bonds. The molecule has 0 radical (unpaired) electrons. The Morgan fingerprint density at radius 2 is 1.85 bits per heavy atom. The van der Waals surface area contributed by atoms with E-state index in [-0.39, 0.29) is 11.9 Å². The van der Waals surface area contributed by atoms with Gasteiger partial charge in [-0.15, -0.1) is 0 Å². The highest BCUT2D eigenvalue weighted by atomic mass is 16.5. The van der Waals surface area contributed by atoms with Crippen LogP contribution in [0.15, 0.2) is 79.3 Å². The van der Waals surface area contributed by atoms with Crippen molar-refractivity contribution >= 4 is 16.9 Å². The molecule has 33 heavy (non-hydrogen) atoms. The quantitative estimate of drug-likeness (QED) is 0.408. The highest BCUT2D eigenvalue weighted by Crippen LogP contribution is 2.32. The number of hydrogen-bond donors (Lipinski definition) is 0. The number of fused-ring (bicyclic) bond motifs is 1. The topological polar surface area (TPSA) is 73.1 Å². The van der Waals surface area contributed by atoms with Gasteiger partial charge in [-0.25, -0.2) is 14.6 Å². The third-order valence-corrected chi connectivity index (χ3v) is 5.87. The molecule has 7 heteroatoms. The van der Waals surface area contributed by atoms with Gasteiger partial charge in [0, 0.05) is 30.4 Å². The SMILES string of the molecule is C=C(C)C(=O)N1CCCC(n2nc(-c3ccc(Oc4ccccc4)cc3)c3cncnc32)C1. The first-order chi connectivity index (χ1) is 16.1. The first-order valence-corrected chi connectivity index (χ1v) is 11.1. The molecule has 5 rings (SSSR count). The minimum atomic E-state index is 0.0000147. The van der Waals surface area contributed by atoms with Crippen molar-refractivity contribution in [2.45, 2.75) is 25.8 Å². The lowest BCUT2D eigenvalue weighted by molar-refractivity contribution is -0.128. The third kappa shape index (κ3) is 4.22. The molecule has 166 valence electrons. The van der Waals surface area contributed by atoms with Gasteiger partial charge in [-0.05, 0) is 56.2 Å². The van der Waals surface area contributed by atoms with E-state index >= 15 is 0 Å². The molecule has 0 aliphatic carbocycles. The Bertz CT molecular complexity index is 1300. The molecule has 4 aromatic rings. The Labute approximate surface area is 192 Å². The van der Waals surface area contributed by atoms with Crippen molar-refractivity contribution in [3.63, 3.8) is 0 Å². The van der Waals surface area contributed by atoms with E-state index in [2.05, 4.69) is 16.5 Å². The summed E-state index contributed by atoms with van der Waals surface area (Å²) < 4.78 is 7.87. The molecule has 1 saturated heterocycles. The van der Waals surface area contributed by atoms with Crippen LogP contribution in [0.1, 0.15) is 25.8 Å². The van der Waals surface area contributed by atoms with Crippen molar-refractivity contribution < 1.29 is 9.53 Å². The highest BCUT2D eigenvalue weighted by Gasteiger charge is 2.28. The van der Waals surface area contributed by atoms with Crippen molar-refractivity contribution in [3.05, 3.63) is 79.3 Å². The van der Waals surface area contributed by atoms with Crippen LogP contribution < -0.4 is 4.74 Å². The molecule has 2 aromatic heterocycles. The molecule has 0 bridgehead atoms. The summed E-state index contributed by atoms with van der Waals surface area (Å²) in [5, 5.41) is 5.84. The molecule has 1 fully saturated rings. The smallest absolute Gasteiger partial charge is 0.248 e. The normalized spacial score (nSPS) is 16.0. The van der Waals surface area contributed by atoms with Crippen molar-refractivity contribution in [3.8, 4) is 22.8 Å². The Hall–Kier alpha value is -4.00. The Balaban J connectivity index is 1.45. The number of para-hydroxylation sites is 1. The summed E-state index contributed by atoms with van der Waals surface area (Å²) in [6.07, 6.45) is 5.19. The number of ether oxygens (including phenoxy) is 1. The van der Waals surface area contributed by atoms with Crippen molar-refractivity contribution in [2.24, 2.45) is 0 Å². The van der Waals surface area contributed by atoms with E-state index < -0.39 is 0 Å². The van der Waals surface area contributed by atoms with Crippen LogP contribution in [0.5, 0.6) is 11.5 Å². The molecule has 1 aliphatic heterocycles. The van der Waals surface area contributed by atoms with Gasteiger partial charge >= 0.3 is 0 Å². The minimum absolute atomic E-state index is 0.0000147. The van der Waals surface area contributed by atoms with Crippen LogP contribution in [-0.2, 0) is 4.79 Å². The van der Waals surface area contributed by atoms with E-state index in [0.29, 0.717) is 12.1 Å². The van der Waals surface area contributed by atoms with E-state index in [1.54, 1.807) is 19.4 Å². The van der Waals surface area contributed by atoms with Crippen LogP contribution in [0.3, 0.4) is 0 Å². The summed E-state index contributed by atoms with van der Waals surface area (Å²) in [5.41, 5.74) is 3.11. The standard InChI is InChI=1S/C26H25N5O2/c1-18(2)26(32)30-14-6-7-20(16-30)31-25-23(15-27-17-28-25)24(29-31)19-10-12-22(13-11-19)33-21-8-4-3-5-9-21/h3-5,8-13,15,17,20H,1,6-7,14,16H2,2H3. The minimum Gasteiger partial charge on any atom is -0.457 e. The Morgan fingerprint density at radius 1 is 1.09 bits per heavy atom. The first-order valence-electron chi connectivity index (χ1n) is 11.1. The number of rotatable bonds is 5. The summed E-state index contributed by atoms with van der Waals surface area (Å²) in [4.78, 5) is 23.1. The molecule has 0 saturated carbocycles. The fraction of sp³-hybridized carbons (Fsp3) is 0.231. The fourth-order valence-corrected chi connectivity index (χ4v) is 4.26. The van der Waals surface area contributed by atoms with Crippen molar-refractivity contribution in [1.82, 2.24) is 24.6 Å². The lowest BCUT2D eigenvalue weighted by Crippen LogP contribution is -2.41. The van der Waals surface area contributed by atoms with Crippen LogP contribution in [0.2, 0.25) is 0 Å². The maximum absolute atomic E-state index is 12.5. The summed E-state index contributed by atoms with van der Waals surface area (Å²) in [7, 11) is 0. The number of likely N-dealkylation sites (tertiary alicyclic amines) is 1. The number of nitrogens with zero attached hydrogens (tertiary/aromatic N) is 5. The molecule has 1 aliphatic rings. The highest BCUT2D eigenvalue weighted by molar-refractivity contribution is 5.92. The maximum Gasteiger partial charge on any atom is 0.248 e. The van der Waals surface area contributed by atoms with Crippen LogP contribution in [-0.4, -0.2) is 43.6 Å². The molecule has 0 spiro atoms. The van der Waals surface area contributed by atoms with Gasteiger partial charge in [0.05, 0.1) is 11.4 Å². The van der Waals surface area contributed by atoms with E-state index in [4.69, 9.17) is 9.84 Å². The largest absolute Gasteiger partial charge is 0.457 e. The lowest BCUT2D eigenvalue weighted by atomic mass is 10.0. The van der Waals surface area contributed by atoms with E-state index in [1.807, 2.05) is 64.2 Å². The van der Waals surface area contributed by atoms with E-state index in [0.717, 1.165) is 53.2 Å². The lowest BCUT2D eigenvalue weighted by Gasteiger charge is -2.33. The number of carbonyl (C=O) groups is 1. The summed E-state index contributed by atoms with van der Waals surface area (Å²) in [6, 6.07) is 17.6. The Morgan fingerprint density at radius 3 is 2.61 bits per heavy atom. The maximum atomic E-state index is 12.5. The average molecular weight is 440 g/mol. The predicted octanol–water partition coefficient (Wildman–Crippen LogP) is 5.03. The molecular weight excluding hydrogens is 414 g/mol. The Kier molecular flexibility index (Phi) is 5.60. The fourth-order valence-electron chi connectivity index (χ4n) is 4.26. The van der Waals surface area contributed by atoms with Gasteiger partial charge in [0.15, 0.2) is 5.65 Å². The summed E-state index contributed by atoms with van der Waals surface area (Å²) in [5.74, 6) is 1.55. The summed E-state index contributed by atoms with van der Waals surface area (Å²) in [6.45, 7) is 6.90. The number of piperidine rings is 1. The van der Waals surface area contributed by atoms with Gasteiger partial charge < -0.3 is 9.64 Å². The van der Waals surface area contributed by atoms with E-state index in [1.165, 1.54) is 0 Å². The van der Waals surface area contributed by atoms with Gasteiger partial charge in [0.2, 0.25) is 5.91 Å². The number of benzene rings is 2. The van der Waals surface area contributed by atoms with Gasteiger partial charge in [-0.3, -0.25) is 4.79 Å². The molecule has 1 unspecified atom stereocenters. The van der Waals surface area contributed by atoms with E-state index in [9.17, 15) is 4.79 Å². The van der Waals surface area contributed by atoms with Gasteiger partial charge in [-0.1, -0.05) is 24.8 Å². The van der Waals surface area contributed by atoms with Crippen molar-refractivity contribution in [1.29, 1.82) is 0 Å². The van der Waals surface area contributed by atoms with Crippen LogP contribution in [0, 0.1) is 0 Å². The van der Waals surface area contributed by atoms with Crippen LogP contribution in [0.4, 0.5) is 0 Å². The van der Waals surface area contributed by atoms with Crippen LogP contribution in [0.25, 0.3) is 22.3 Å². The second-order valence-corrected chi connectivity index (χ2v) is 8.32. The molecule has 0 N–H and O–H groups in total. The molecule has 2 aromatic carbocycles. The number of hydrogen-bond acceptors (Lipinski definition) is 5. The van der Waals surface area contributed by atoms with Crippen LogP contribution >= 0.6 is 0 Å². The molecule has 3 heterocycles. The van der Waals surface area contributed by atoms with Gasteiger partial charge in [0.1, 0.15) is 23.5 Å². The van der Waals surface area contributed by atoms with Gasteiger partial charge in [-0.2, -0.15) is 5.10 Å². The molecular formula is C26H25N5O2. The number of amides is 1. The zero-order valence-electron chi connectivity index (χ0n) is 18.5. The molecule has 1 atom stereocenters. The molecule has 7 nitrogen and oxygen atoms in total. The number of carbonyl (C=O) groups excluding carboxylic acids is 1.